The molecule has 1 aliphatic rings. The fourth-order valence-corrected chi connectivity index (χ4v) is 3.24. The van der Waals surface area contributed by atoms with Crippen molar-refractivity contribution in [3.8, 4) is 0 Å². The fraction of sp³-hybridized carbons (Fsp3) is 0.316. The van der Waals surface area contributed by atoms with Gasteiger partial charge in [0.1, 0.15) is 5.02 Å². The fourth-order valence-electron chi connectivity index (χ4n) is 3.05. The third-order valence-corrected chi connectivity index (χ3v) is 4.84. The van der Waals surface area contributed by atoms with E-state index in [2.05, 4.69) is 22.3 Å². The Kier molecular flexibility index (Phi) is 5.73. The summed E-state index contributed by atoms with van der Waals surface area (Å²) >= 11 is 5.77. The Morgan fingerprint density at radius 1 is 1.12 bits per heavy atom. The summed E-state index contributed by atoms with van der Waals surface area (Å²) in [5.41, 5.74) is 2.12. The van der Waals surface area contributed by atoms with Gasteiger partial charge in [0.05, 0.1) is 4.92 Å². The van der Waals surface area contributed by atoms with E-state index >= 15 is 0 Å². The SMILES string of the molecule is O=C(NCc1ccc(N2CCCCC2)cc1)c1ccc(Cl)c([N+](=O)[O-])c1. The molecule has 26 heavy (non-hydrogen) atoms. The molecule has 136 valence electrons. The van der Waals surface area contributed by atoms with Gasteiger partial charge in [-0.25, -0.2) is 0 Å². The molecule has 1 N–H and O–H groups in total. The maximum atomic E-state index is 12.2. The predicted octanol–water partition coefficient (Wildman–Crippen LogP) is 4.17. The highest BCUT2D eigenvalue weighted by Gasteiger charge is 2.16. The van der Waals surface area contributed by atoms with Gasteiger partial charge >= 0.3 is 0 Å². The molecule has 1 heterocycles. The standard InChI is InChI=1S/C19H20ClN3O3/c20-17-9-6-15(12-18(17)23(25)26)19(24)21-13-14-4-7-16(8-5-14)22-10-2-1-3-11-22/h4-9,12H,1-3,10-11,13H2,(H,21,24). The smallest absolute Gasteiger partial charge is 0.288 e. The Hall–Kier alpha value is -2.60. The summed E-state index contributed by atoms with van der Waals surface area (Å²) in [4.78, 5) is 24.9. The number of halogens is 1. The van der Waals surface area contributed by atoms with Gasteiger partial charge in [0.25, 0.3) is 11.6 Å². The van der Waals surface area contributed by atoms with Gasteiger partial charge in [-0.15, -0.1) is 0 Å². The topological polar surface area (TPSA) is 75.5 Å². The molecule has 0 spiro atoms. The predicted molar refractivity (Wildman–Crippen MR) is 102 cm³/mol. The van der Waals surface area contributed by atoms with E-state index < -0.39 is 4.92 Å². The number of hydrogen-bond acceptors (Lipinski definition) is 4. The first-order valence-electron chi connectivity index (χ1n) is 8.60. The number of carbonyl (C=O) groups is 1. The number of nitrogens with one attached hydrogen (secondary N) is 1. The van der Waals surface area contributed by atoms with Crippen LogP contribution in [0.15, 0.2) is 42.5 Å². The van der Waals surface area contributed by atoms with Crippen molar-refractivity contribution in [3.05, 3.63) is 68.7 Å². The summed E-state index contributed by atoms with van der Waals surface area (Å²) in [7, 11) is 0. The average molecular weight is 374 g/mol. The van der Waals surface area contributed by atoms with Gasteiger partial charge in [0.15, 0.2) is 0 Å². The number of nitro benzene ring substituents is 1. The van der Waals surface area contributed by atoms with Gasteiger partial charge in [-0.05, 0) is 49.1 Å². The third-order valence-electron chi connectivity index (χ3n) is 4.52. The second-order valence-electron chi connectivity index (χ2n) is 6.32. The average Bonchev–Trinajstić information content (AvgIpc) is 2.67. The monoisotopic (exact) mass is 373 g/mol. The van der Waals surface area contributed by atoms with E-state index in [9.17, 15) is 14.9 Å². The minimum atomic E-state index is -0.599. The molecule has 0 aromatic heterocycles. The molecule has 3 rings (SSSR count). The van der Waals surface area contributed by atoms with E-state index in [0.717, 1.165) is 18.7 Å². The highest BCUT2D eigenvalue weighted by molar-refractivity contribution is 6.32. The Balaban J connectivity index is 1.61. The molecule has 0 saturated carbocycles. The van der Waals surface area contributed by atoms with E-state index in [-0.39, 0.29) is 22.2 Å². The molecule has 1 amide bonds. The van der Waals surface area contributed by atoms with Gasteiger partial charge in [0.2, 0.25) is 0 Å². The van der Waals surface area contributed by atoms with Gasteiger partial charge in [-0.3, -0.25) is 14.9 Å². The molecule has 6 nitrogen and oxygen atoms in total. The third kappa shape index (κ3) is 4.32. The van der Waals surface area contributed by atoms with Gasteiger partial charge in [-0.2, -0.15) is 0 Å². The van der Waals surface area contributed by atoms with Crippen LogP contribution in [0, 0.1) is 10.1 Å². The lowest BCUT2D eigenvalue weighted by Gasteiger charge is -2.28. The number of anilines is 1. The molecule has 2 aromatic carbocycles. The summed E-state index contributed by atoms with van der Waals surface area (Å²) < 4.78 is 0. The maximum Gasteiger partial charge on any atom is 0.288 e. The molecule has 0 unspecified atom stereocenters. The van der Waals surface area contributed by atoms with E-state index in [1.54, 1.807) is 0 Å². The zero-order chi connectivity index (χ0) is 18.5. The van der Waals surface area contributed by atoms with Crippen molar-refractivity contribution in [2.75, 3.05) is 18.0 Å². The molecular formula is C19H20ClN3O3. The molecule has 0 bridgehead atoms. The number of hydrogen-bond donors (Lipinski definition) is 1. The van der Waals surface area contributed by atoms with Crippen LogP contribution in [0.4, 0.5) is 11.4 Å². The van der Waals surface area contributed by atoms with Crippen molar-refractivity contribution < 1.29 is 9.72 Å². The number of piperidine rings is 1. The van der Waals surface area contributed by atoms with E-state index in [4.69, 9.17) is 11.6 Å². The van der Waals surface area contributed by atoms with Gasteiger partial charge < -0.3 is 10.2 Å². The van der Waals surface area contributed by atoms with Crippen molar-refractivity contribution in [1.29, 1.82) is 0 Å². The summed E-state index contributed by atoms with van der Waals surface area (Å²) in [5.74, 6) is -0.370. The van der Waals surface area contributed by atoms with Crippen LogP contribution in [0.1, 0.15) is 35.2 Å². The van der Waals surface area contributed by atoms with Gasteiger partial charge in [-0.1, -0.05) is 23.7 Å². The lowest BCUT2D eigenvalue weighted by molar-refractivity contribution is -0.384. The normalized spacial score (nSPS) is 14.1. The Morgan fingerprint density at radius 3 is 2.46 bits per heavy atom. The van der Waals surface area contributed by atoms with Crippen molar-refractivity contribution >= 4 is 28.9 Å². The zero-order valence-corrected chi connectivity index (χ0v) is 15.0. The zero-order valence-electron chi connectivity index (χ0n) is 14.3. The van der Waals surface area contributed by atoms with Gasteiger partial charge in [0, 0.05) is 37.0 Å². The molecule has 7 heteroatoms. The number of benzene rings is 2. The van der Waals surface area contributed by atoms with Crippen LogP contribution in [-0.4, -0.2) is 23.9 Å². The van der Waals surface area contributed by atoms with E-state index in [0.29, 0.717) is 6.54 Å². The molecular weight excluding hydrogens is 354 g/mol. The minimum Gasteiger partial charge on any atom is -0.372 e. The largest absolute Gasteiger partial charge is 0.372 e. The van der Waals surface area contributed by atoms with Crippen LogP contribution in [-0.2, 0) is 6.54 Å². The summed E-state index contributed by atoms with van der Waals surface area (Å²) in [6.07, 6.45) is 3.75. The second-order valence-corrected chi connectivity index (χ2v) is 6.73. The van der Waals surface area contributed by atoms with Crippen molar-refractivity contribution in [1.82, 2.24) is 5.32 Å². The molecule has 2 aromatic rings. The van der Waals surface area contributed by atoms with Crippen LogP contribution in [0.5, 0.6) is 0 Å². The number of rotatable bonds is 5. The van der Waals surface area contributed by atoms with Crippen LogP contribution >= 0.6 is 11.6 Å². The quantitative estimate of drug-likeness (QED) is 0.630. The first kappa shape index (κ1) is 18.2. The molecule has 0 atom stereocenters. The van der Waals surface area contributed by atoms with Crippen molar-refractivity contribution in [2.45, 2.75) is 25.8 Å². The minimum absolute atomic E-state index is 0.0138. The number of nitro groups is 1. The Morgan fingerprint density at radius 2 is 1.81 bits per heavy atom. The van der Waals surface area contributed by atoms with Crippen LogP contribution < -0.4 is 10.2 Å². The molecule has 1 saturated heterocycles. The number of nitrogens with zero attached hydrogens (tertiary/aromatic N) is 2. The van der Waals surface area contributed by atoms with Crippen LogP contribution in [0.25, 0.3) is 0 Å². The maximum absolute atomic E-state index is 12.2. The number of amides is 1. The van der Waals surface area contributed by atoms with E-state index in [1.165, 1.54) is 43.1 Å². The first-order valence-corrected chi connectivity index (χ1v) is 8.98. The highest BCUT2D eigenvalue weighted by Crippen LogP contribution is 2.25. The molecule has 0 aliphatic carbocycles. The van der Waals surface area contributed by atoms with Crippen molar-refractivity contribution in [2.24, 2.45) is 0 Å². The number of carbonyl (C=O) groups excluding carboxylic acids is 1. The lowest BCUT2D eigenvalue weighted by atomic mass is 10.1. The Labute approximate surface area is 156 Å². The van der Waals surface area contributed by atoms with Crippen molar-refractivity contribution in [3.63, 3.8) is 0 Å². The van der Waals surface area contributed by atoms with E-state index in [1.807, 2.05) is 12.1 Å². The van der Waals surface area contributed by atoms with Crippen LogP contribution in [0.3, 0.4) is 0 Å². The molecule has 1 fully saturated rings. The lowest BCUT2D eigenvalue weighted by Crippen LogP contribution is -2.29. The molecule has 0 radical (unpaired) electrons. The highest BCUT2D eigenvalue weighted by atomic mass is 35.5. The molecule has 1 aliphatic heterocycles. The second kappa shape index (κ2) is 8.19. The first-order chi connectivity index (χ1) is 12.5. The summed E-state index contributed by atoms with van der Waals surface area (Å²) in [5, 5.41) is 13.7. The van der Waals surface area contributed by atoms with Crippen LogP contribution in [0.2, 0.25) is 5.02 Å². The summed E-state index contributed by atoms with van der Waals surface area (Å²) in [6.45, 7) is 2.53. The Bertz CT molecular complexity index is 802. The summed E-state index contributed by atoms with van der Waals surface area (Å²) in [6, 6.07) is 12.2.